The normalized spacial score (nSPS) is 10.4. The highest BCUT2D eigenvalue weighted by Crippen LogP contribution is 2.28. The number of hydrogen-bond acceptors (Lipinski definition) is 3. The molecular weight excluding hydrogens is 335 g/mol. The first kappa shape index (κ1) is 17.0. The molecule has 0 spiro atoms. The molecule has 1 heterocycles. The van der Waals surface area contributed by atoms with E-state index in [9.17, 15) is 9.18 Å². The average Bonchev–Trinajstić information content (AvgIpc) is 3.12. The van der Waals surface area contributed by atoms with Crippen molar-refractivity contribution in [2.24, 2.45) is 0 Å². The second-order valence-electron chi connectivity index (χ2n) is 5.44. The molecule has 3 nitrogen and oxygen atoms in total. The number of halogens is 1. The van der Waals surface area contributed by atoms with Gasteiger partial charge in [-0.3, -0.25) is 9.69 Å². The lowest BCUT2D eigenvalue weighted by Gasteiger charge is -2.18. The average molecular weight is 352 g/mol. The fourth-order valence-electron chi connectivity index (χ4n) is 2.45. The van der Waals surface area contributed by atoms with Gasteiger partial charge in [-0.25, -0.2) is 9.37 Å². The summed E-state index contributed by atoms with van der Waals surface area (Å²) in [5.74, 6) is -0.586. The molecule has 3 aromatic rings. The molecule has 0 saturated carbocycles. The van der Waals surface area contributed by atoms with Gasteiger partial charge in [0.05, 0.1) is 12.1 Å². The lowest BCUT2D eigenvalue weighted by atomic mass is 10.1. The van der Waals surface area contributed by atoms with Crippen molar-refractivity contribution in [3.8, 4) is 11.3 Å². The largest absolute Gasteiger partial charge is 0.284 e. The van der Waals surface area contributed by atoms with Gasteiger partial charge in [0.25, 0.3) is 0 Å². The quantitative estimate of drug-likeness (QED) is 0.602. The van der Waals surface area contributed by atoms with Crippen molar-refractivity contribution in [1.82, 2.24) is 4.98 Å². The van der Waals surface area contributed by atoms with Gasteiger partial charge in [0.2, 0.25) is 5.91 Å². The second-order valence-corrected chi connectivity index (χ2v) is 6.28. The SMILES string of the molecule is C=CCN(C(=O)Cc1ccccc1F)c1nc(-c2ccccc2)cs1. The van der Waals surface area contributed by atoms with Crippen molar-refractivity contribution >= 4 is 22.4 Å². The number of nitrogens with zero attached hydrogens (tertiary/aromatic N) is 2. The van der Waals surface area contributed by atoms with Crippen LogP contribution < -0.4 is 4.90 Å². The monoisotopic (exact) mass is 352 g/mol. The third kappa shape index (κ3) is 4.00. The summed E-state index contributed by atoms with van der Waals surface area (Å²) in [5.41, 5.74) is 2.18. The van der Waals surface area contributed by atoms with E-state index in [0.717, 1.165) is 11.3 Å². The number of thiazole rings is 1. The standard InChI is InChI=1S/C20H17FN2OS/c1-2-12-23(19(24)13-16-10-6-7-11-17(16)21)20-22-18(14-25-20)15-8-4-3-5-9-15/h2-11,14H,1,12-13H2. The Balaban J connectivity index is 1.84. The minimum absolute atomic E-state index is 0.0131. The lowest BCUT2D eigenvalue weighted by molar-refractivity contribution is -0.117. The summed E-state index contributed by atoms with van der Waals surface area (Å²) in [4.78, 5) is 18.8. The van der Waals surface area contributed by atoms with Gasteiger partial charge >= 0.3 is 0 Å². The minimum atomic E-state index is -0.376. The van der Waals surface area contributed by atoms with E-state index in [0.29, 0.717) is 17.2 Å². The molecule has 2 aromatic carbocycles. The maximum atomic E-state index is 13.8. The molecule has 3 rings (SSSR count). The third-order valence-electron chi connectivity index (χ3n) is 3.70. The molecule has 0 N–H and O–H groups in total. The molecule has 1 amide bonds. The highest BCUT2D eigenvalue weighted by atomic mass is 32.1. The Kier molecular flexibility index (Phi) is 5.36. The zero-order valence-corrected chi connectivity index (χ0v) is 14.4. The third-order valence-corrected chi connectivity index (χ3v) is 4.57. The molecular formula is C20H17FN2OS. The van der Waals surface area contributed by atoms with E-state index in [1.54, 1.807) is 24.3 Å². The fourth-order valence-corrected chi connectivity index (χ4v) is 3.31. The van der Waals surface area contributed by atoms with Crippen LogP contribution in [-0.2, 0) is 11.2 Å². The van der Waals surface area contributed by atoms with Gasteiger partial charge in [-0.1, -0.05) is 54.6 Å². The number of rotatable bonds is 6. The fraction of sp³-hybridized carbons (Fsp3) is 0.100. The smallest absolute Gasteiger partial charge is 0.233 e. The first-order chi connectivity index (χ1) is 12.2. The molecule has 0 aliphatic heterocycles. The molecule has 5 heteroatoms. The van der Waals surface area contributed by atoms with Crippen molar-refractivity contribution in [2.75, 3.05) is 11.4 Å². The molecule has 25 heavy (non-hydrogen) atoms. The van der Waals surface area contributed by atoms with Gasteiger partial charge in [0.1, 0.15) is 5.82 Å². The Morgan fingerprint density at radius 2 is 1.88 bits per heavy atom. The predicted molar refractivity (Wildman–Crippen MR) is 100 cm³/mol. The summed E-state index contributed by atoms with van der Waals surface area (Å²) in [6, 6.07) is 16.1. The zero-order chi connectivity index (χ0) is 17.6. The van der Waals surface area contributed by atoms with Gasteiger partial charge in [0, 0.05) is 17.5 Å². The highest BCUT2D eigenvalue weighted by Gasteiger charge is 2.19. The number of benzene rings is 2. The first-order valence-electron chi connectivity index (χ1n) is 7.84. The number of carbonyl (C=O) groups excluding carboxylic acids is 1. The van der Waals surface area contributed by atoms with Crippen LogP contribution in [-0.4, -0.2) is 17.4 Å². The van der Waals surface area contributed by atoms with Crippen LogP contribution in [0.2, 0.25) is 0 Å². The number of anilines is 1. The van der Waals surface area contributed by atoms with E-state index in [-0.39, 0.29) is 18.1 Å². The first-order valence-corrected chi connectivity index (χ1v) is 8.72. The van der Waals surface area contributed by atoms with Crippen LogP contribution >= 0.6 is 11.3 Å². The molecule has 0 saturated heterocycles. The molecule has 0 aliphatic rings. The summed E-state index contributed by atoms with van der Waals surface area (Å²) in [5, 5.41) is 2.50. The molecule has 0 atom stereocenters. The van der Waals surface area contributed by atoms with Gasteiger partial charge < -0.3 is 0 Å². The Bertz CT molecular complexity index is 876. The maximum Gasteiger partial charge on any atom is 0.233 e. The second kappa shape index (κ2) is 7.85. The summed E-state index contributed by atoms with van der Waals surface area (Å²) in [6.07, 6.45) is 1.63. The maximum absolute atomic E-state index is 13.8. The van der Waals surface area contributed by atoms with Crippen LogP contribution in [0.15, 0.2) is 72.6 Å². The predicted octanol–water partition coefficient (Wildman–Crippen LogP) is 4.71. The lowest BCUT2D eigenvalue weighted by Crippen LogP contribution is -2.32. The molecule has 126 valence electrons. The highest BCUT2D eigenvalue weighted by molar-refractivity contribution is 7.14. The van der Waals surface area contributed by atoms with Crippen LogP contribution in [0.4, 0.5) is 9.52 Å². The number of aromatic nitrogens is 1. The molecule has 0 radical (unpaired) electrons. The van der Waals surface area contributed by atoms with Gasteiger partial charge in [-0.05, 0) is 11.6 Å². The van der Waals surface area contributed by atoms with Crippen molar-refractivity contribution in [3.63, 3.8) is 0 Å². The van der Waals surface area contributed by atoms with Crippen molar-refractivity contribution in [1.29, 1.82) is 0 Å². The summed E-state index contributed by atoms with van der Waals surface area (Å²) in [6.45, 7) is 4.04. The van der Waals surface area contributed by atoms with Crippen LogP contribution in [0.5, 0.6) is 0 Å². The summed E-state index contributed by atoms with van der Waals surface area (Å²) < 4.78 is 13.8. The van der Waals surface area contributed by atoms with Gasteiger partial charge in [0.15, 0.2) is 5.13 Å². The van der Waals surface area contributed by atoms with Gasteiger partial charge in [-0.2, -0.15) is 0 Å². The van der Waals surface area contributed by atoms with Crippen LogP contribution in [0.3, 0.4) is 0 Å². The van der Waals surface area contributed by atoms with E-state index in [1.807, 2.05) is 35.7 Å². The molecule has 0 unspecified atom stereocenters. The number of hydrogen-bond donors (Lipinski definition) is 0. The summed E-state index contributed by atoms with van der Waals surface area (Å²) in [7, 11) is 0. The Hall–Kier alpha value is -2.79. The zero-order valence-electron chi connectivity index (χ0n) is 13.6. The van der Waals surface area contributed by atoms with E-state index in [4.69, 9.17) is 0 Å². The van der Waals surface area contributed by atoms with E-state index < -0.39 is 0 Å². The Morgan fingerprint density at radius 3 is 2.60 bits per heavy atom. The van der Waals surface area contributed by atoms with Crippen LogP contribution in [0.25, 0.3) is 11.3 Å². The van der Waals surface area contributed by atoms with Crippen molar-refractivity contribution in [3.05, 3.63) is 84.0 Å². The molecule has 1 aromatic heterocycles. The molecule has 0 bridgehead atoms. The topological polar surface area (TPSA) is 33.2 Å². The van der Waals surface area contributed by atoms with Crippen molar-refractivity contribution < 1.29 is 9.18 Å². The molecule has 0 fully saturated rings. The van der Waals surface area contributed by atoms with E-state index in [2.05, 4.69) is 11.6 Å². The van der Waals surface area contributed by atoms with E-state index in [1.165, 1.54) is 22.3 Å². The van der Waals surface area contributed by atoms with Gasteiger partial charge in [-0.15, -0.1) is 17.9 Å². The molecule has 0 aliphatic carbocycles. The minimum Gasteiger partial charge on any atom is -0.284 e. The van der Waals surface area contributed by atoms with E-state index >= 15 is 0 Å². The Morgan fingerprint density at radius 1 is 1.16 bits per heavy atom. The van der Waals surface area contributed by atoms with Crippen molar-refractivity contribution in [2.45, 2.75) is 6.42 Å². The number of carbonyl (C=O) groups is 1. The summed E-state index contributed by atoms with van der Waals surface area (Å²) >= 11 is 1.39. The number of amides is 1. The Labute approximate surface area is 150 Å². The van der Waals surface area contributed by atoms with Crippen LogP contribution in [0, 0.1) is 5.82 Å². The van der Waals surface area contributed by atoms with Crippen LogP contribution in [0.1, 0.15) is 5.56 Å².